The highest BCUT2D eigenvalue weighted by atomic mass is 16.2. The monoisotopic (exact) mass is 239 g/mol. The molecular formula is C13H25N3O. The molecule has 1 aliphatic heterocycles. The predicted molar refractivity (Wildman–Crippen MR) is 69.0 cm³/mol. The van der Waals surface area contributed by atoms with Crippen LogP contribution in [0.4, 0.5) is 4.79 Å². The maximum absolute atomic E-state index is 12.2. The van der Waals surface area contributed by atoms with Crippen LogP contribution in [0.2, 0.25) is 0 Å². The Hall–Kier alpha value is -0.770. The van der Waals surface area contributed by atoms with E-state index in [1.807, 2.05) is 18.9 Å². The minimum atomic E-state index is 0.202. The summed E-state index contributed by atoms with van der Waals surface area (Å²) >= 11 is 0. The van der Waals surface area contributed by atoms with Gasteiger partial charge in [0.1, 0.15) is 0 Å². The minimum Gasteiger partial charge on any atom is -0.328 e. The highest BCUT2D eigenvalue weighted by Gasteiger charge is 2.29. The first-order valence-electron chi connectivity index (χ1n) is 6.94. The number of amides is 2. The third-order valence-electron chi connectivity index (χ3n) is 3.85. The van der Waals surface area contributed by atoms with Crippen LogP contribution in [-0.2, 0) is 0 Å². The number of carbonyl (C=O) groups excluding carboxylic acids is 1. The number of urea groups is 1. The highest BCUT2D eigenvalue weighted by molar-refractivity contribution is 5.74. The van der Waals surface area contributed by atoms with Crippen LogP contribution < -0.4 is 5.32 Å². The van der Waals surface area contributed by atoms with Crippen molar-refractivity contribution in [2.24, 2.45) is 5.92 Å². The molecule has 4 heteroatoms. The predicted octanol–water partition coefficient (Wildman–Crippen LogP) is 1.52. The maximum Gasteiger partial charge on any atom is 0.319 e. The van der Waals surface area contributed by atoms with Crippen molar-refractivity contribution in [3.8, 4) is 0 Å². The maximum atomic E-state index is 12.2. The van der Waals surface area contributed by atoms with E-state index in [1.165, 1.54) is 25.7 Å². The van der Waals surface area contributed by atoms with Crippen LogP contribution in [0.25, 0.3) is 0 Å². The van der Waals surface area contributed by atoms with E-state index in [4.69, 9.17) is 0 Å². The molecule has 98 valence electrons. The van der Waals surface area contributed by atoms with Crippen LogP contribution in [0.5, 0.6) is 0 Å². The normalized spacial score (nSPS) is 23.8. The molecule has 0 aromatic carbocycles. The molecule has 2 amide bonds. The largest absolute Gasteiger partial charge is 0.328 e. The third kappa shape index (κ3) is 3.60. The van der Waals surface area contributed by atoms with Crippen LogP contribution in [0.1, 0.15) is 32.6 Å². The SMILES string of the molecule is CCN(C)C(=O)N(CC1CC1)CC1CCCN1. The summed E-state index contributed by atoms with van der Waals surface area (Å²) in [6.07, 6.45) is 5.07. The van der Waals surface area contributed by atoms with Crippen molar-refractivity contribution in [2.75, 3.05) is 33.2 Å². The van der Waals surface area contributed by atoms with E-state index in [-0.39, 0.29) is 6.03 Å². The Labute approximate surface area is 104 Å². The average Bonchev–Trinajstić information content (AvgIpc) is 3.00. The molecule has 2 rings (SSSR count). The number of hydrogen-bond acceptors (Lipinski definition) is 2. The van der Waals surface area contributed by atoms with E-state index < -0.39 is 0 Å². The Morgan fingerprint density at radius 1 is 1.29 bits per heavy atom. The molecule has 1 aliphatic carbocycles. The first kappa shape index (κ1) is 12.7. The summed E-state index contributed by atoms with van der Waals surface area (Å²) < 4.78 is 0. The zero-order valence-corrected chi connectivity index (χ0v) is 11.1. The van der Waals surface area contributed by atoms with Crippen molar-refractivity contribution < 1.29 is 4.79 Å². The Morgan fingerprint density at radius 2 is 2.06 bits per heavy atom. The molecular weight excluding hydrogens is 214 g/mol. The summed E-state index contributed by atoms with van der Waals surface area (Å²) in [7, 11) is 1.89. The van der Waals surface area contributed by atoms with E-state index in [0.29, 0.717) is 6.04 Å². The third-order valence-corrected chi connectivity index (χ3v) is 3.85. The highest BCUT2D eigenvalue weighted by Crippen LogP contribution is 2.30. The van der Waals surface area contributed by atoms with Gasteiger partial charge in [0.05, 0.1) is 0 Å². The summed E-state index contributed by atoms with van der Waals surface area (Å²) in [6.45, 7) is 5.78. The van der Waals surface area contributed by atoms with E-state index in [0.717, 1.165) is 32.1 Å². The summed E-state index contributed by atoms with van der Waals surface area (Å²) in [6, 6.07) is 0.719. The minimum absolute atomic E-state index is 0.202. The lowest BCUT2D eigenvalue weighted by molar-refractivity contribution is 0.157. The van der Waals surface area contributed by atoms with Gasteiger partial charge in [-0.1, -0.05) is 0 Å². The Kier molecular flexibility index (Phi) is 4.26. The lowest BCUT2D eigenvalue weighted by Gasteiger charge is -2.30. The number of hydrogen-bond donors (Lipinski definition) is 1. The first-order valence-corrected chi connectivity index (χ1v) is 6.94. The Morgan fingerprint density at radius 3 is 2.59 bits per heavy atom. The molecule has 1 saturated carbocycles. The number of carbonyl (C=O) groups is 1. The molecule has 2 aliphatic rings. The van der Waals surface area contributed by atoms with Gasteiger partial charge in [-0.2, -0.15) is 0 Å². The van der Waals surface area contributed by atoms with Gasteiger partial charge in [-0.25, -0.2) is 4.79 Å². The van der Waals surface area contributed by atoms with Crippen molar-refractivity contribution in [3.05, 3.63) is 0 Å². The van der Waals surface area contributed by atoms with Gasteiger partial charge in [0.25, 0.3) is 0 Å². The van der Waals surface area contributed by atoms with Crippen LogP contribution in [-0.4, -0.2) is 55.1 Å². The van der Waals surface area contributed by atoms with Crippen molar-refractivity contribution in [1.82, 2.24) is 15.1 Å². The number of nitrogens with one attached hydrogen (secondary N) is 1. The van der Waals surface area contributed by atoms with Crippen molar-refractivity contribution >= 4 is 6.03 Å². The second-order valence-corrected chi connectivity index (χ2v) is 5.44. The second kappa shape index (κ2) is 5.71. The van der Waals surface area contributed by atoms with Crippen molar-refractivity contribution in [3.63, 3.8) is 0 Å². The van der Waals surface area contributed by atoms with Crippen molar-refractivity contribution in [1.29, 1.82) is 0 Å². The summed E-state index contributed by atoms with van der Waals surface area (Å²) in [5, 5.41) is 3.48. The fourth-order valence-corrected chi connectivity index (χ4v) is 2.40. The Balaban J connectivity index is 1.88. The fourth-order valence-electron chi connectivity index (χ4n) is 2.40. The van der Waals surface area contributed by atoms with Crippen LogP contribution >= 0.6 is 0 Å². The lowest BCUT2D eigenvalue weighted by Crippen LogP contribution is -2.47. The smallest absolute Gasteiger partial charge is 0.319 e. The summed E-state index contributed by atoms with van der Waals surface area (Å²) in [5.41, 5.74) is 0. The summed E-state index contributed by atoms with van der Waals surface area (Å²) in [4.78, 5) is 16.1. The number of rotatable bonds is 5. The van der Waals surface area contributed by atoms with Gasteiger partial charge in [-0.05, 0) is 45.1 Å². The van der Waals surface area contributed by atoms with E-state index in [9.17, 15) is 4.79 Å². The van der Waals surface area contributed by atoms with Gasteiger partial charge in [0.15, 0.2) is 0 Å². The van der Waals surface area contributed by atoms with Crippen LogP contribution in [0.3, 0.4) is 0 Å². The molecule has 0 aromatic rings. The van der Waals surface area contributed by atoms with Crippen LogP contribution in [0.15, 0.2) is 0 Å². The average molecular weight is 239 g/mol. The molecule has 1 saturated heterocycles. The molecule has 1 atom stereocenters. The lowest BCUT2D eigenvalue weighted by atomic mass is 10.2. The van der Waals surface area contributed by atoms with Gasteiger partial charge in [0.2, 0.25) is 0 Å². The van der Waals surface area contributed by atoms with Gasteiger partial charge >= 0.3 is 6.03 Å². The second-order valence-electron chi connectivity index (χ2n) is 5.44. The standard InChI is InChI=1S/C13H25N3O/c1-3-15(2)13(17)16(9-11-6-7-11)10-12-5-4-8-14-12/h11-12,14H,3-10H2,1-2H3. The number of nitrogens with zero attached hydrogens (tertiary/aromatic N) is 2. The van der Waals surface area contributed by atoms with E-state index in [2.05, 4.69) is 10.2 Å². The zero-order valence-electron chi connectivity index (χ0n) is 11.1. The topological polar surface area (TPSA) is 35.6 Å². The molecule has 17 heavy (non-hydrogen) atoms. The van der Waals surface area contributed by atoms with Gasteiger partial charge in [0, 0.05) is 32.7 Å². The molecule has 1 unspecified atom stereocenters. The molecule has 1 N–H and O–H groups in total. The Bertz CT molecular complexity index is 259. The molecule has 0 bridgehead atoms. The molecule has 4 nitrogen and oxygen atoms in total. The fraction of sp³-hybridized carbons (Fsp3) is 0.923. The molecule has 2 fully saturated rings. The van der Waals surface area contributed by atoms with Gasteiger partial charge in [-0.15, -0.1) is 0 Å². The van der Waals surface area contributed by atoms with Crippen molar-refractivity contribution in [2.45, 2.75) is 38.6 Å². The van der Waals surface area contributed by atoms with E-state index in [1.54, 1.807) is 0 Å². The molecule has 0 aromatic heterocycles. The molecule has 0 spiro atoms. The quantitative estimate of drug-likeness (QED) is 0.789. The molecule has 1 heterocycles. The molecule has 0 radical (unpaired) electrons. The zero-order chi connectivity index (χ0) is 12.3. The van der Waals surface area contributed by atoms with E-state index >= 15 is 0 Å². The summed E-state index contributed by atoms with van der Waals surface area (Å²) in [5.74, 6) is 0.769. The van der Waals surface area contributed by atoms with Gasteiger partial charge in [-0.3, -0.25) is 0 Å². The van der Waals surface area contributed by atoms with Gasteiger partial charge < -0.3 is 15.1 Å². The van der Waals surface area contributed by atoms with Crippen LogP contribution in [0, 0.1) is 5.92 Å². The first-order chi connectivity index (χ1) is 8.20.